The molecule has 0 radical (unpaired) electrons. The Morgan fingerprint density at radius 2 is 1.29 bits per heavy atom. The number of amides is 3. The van der Waals surface area contributed by atoms with Gasteiger partial charge in [0, 0.05) is 67.9 Å². The van der Waals surface area contributed by atoms with E-state index < -0.39 is 48.3 Å². The van der Waals surface area contributed by atoms with Gasteiger partial charge in [-0.05, 0) is 70.3 Å². The van der Waals surface area contributed by atoms with Crippen molar-refractivity contribution in [1.82, 2.24) is 40.1 Å². The lowest BCUT2D eigenvalue weighted by atomic mass is 9.70. The van der Waals surface area contributed by atoms with Gasteiger partial charge in [-0.15, -0.1) is 0 Å². The van der Waals surface area contributed by atoms with Crippen LogP contribution >= 0.6 is 38.9 Å². The molecule has 4 aromatic carbocycles. The van der Waals surface area contributed by atoms with E-state index in [-0.39, 0.29) is 61.2 Å². The number of imidazole rings is 2. The van der Waals surface area contributed by atoms with Gasteiger partial charge < -0.3 is 35.1 Å². The van der Waals surface area contributed by atoms with Crippen LogP contribution in [0.15, 0.2) is 166 Å². The number of aromatic nitrogens is 6. The van der Waals surface area contributed by atoms with Crippen LogP contribution in [-0.2, 0) is 22.8 Å². The number of hydrogen-bond donors (Lipinski definition) is 6. The van der Waals surface area contributed by atoms with Gasteiger partial charge in [-0.2, -0.15) is 0 Å². The molecule has 0 fully saturated rings. The second-order valence-corrected chi connectivity index (χ2v) is 22.9. The van der Waals surface area contributed by atoms with Gasteiger partial charge in [-0.1, -0.05) is 121 Å². The number of Topliss-reactive ketones (excluding diaryl/α,β-unsaturated/α-hetero) is 1. The molecule has 368 valence electrons. The van der Waals surface area contributed by atoms with E-state index >= 15 is 4.79 Å². The van der Waals surface area contributed by atoms with Crippen molar-refractivity contribution in [3.8, 4) is 0 Å². The number of ether oxygens (including phenoxy) is 2. The zero-order valence-corrected chi connectivity index (χ0v) is 43.5. The maximum Gasteiger partial charge on any atom is 0.414 e. The predicted molar refractivity (Wildman–Crippen MR) is 284 cm³/mol. The molecule has 1 aliphatic carbocycles. The Morgan fingerprint density at radius 3 is 1.81 bits per heavy atom. The number of nitrogens with one attached hydrogen (secondary N) is 6. The molecule has 0 unspecified atom stereocenters. The van der Waals surface area contributed by atoms with Crippen LogP contribution in [0.3, 0.4) is 0 Å². The van der Waals surface area contributed by atoms with Crippen molar-refractivity contribution in [1.29, 1.82) is 0 Å². The average molecular weight is 1110 g/mol. The van der Waals surface area contributed by atoms with E-state index in [2.05, 4.69) is 104 Å². The molecule has 9 rings (SSSR count). The van der Waals surface area contributed by atoms with Crippen LogP contribution in [0, 0.1) is 11.8 Å². The highest BCUT2D eigenvalue weighted by molar-refractivity contribution is 9.10. The molecule has 16 nitrogen and oxygen atoms in total. The fourth-order valence-corrected chi connectivity index (χ4v) is 13.1. The smallest absolute Gasteiger partial charge is 0.414 e. The summed E-state index contributed by atoms with van der Waals surface area (Å²) in [5.41, 5.74) is 1.68. The van der Waals surface area contributed by atoms with Crippen molar-refractivity contribution in [3.05, 3.63) is 195 Å². The molecule has 3 amide bonds. The third-order valence-electron chi connectivity index (χ3n) is 12.1. The third kappa shape index (κ3) is 11.0. The van der Waals surface area contributed by atoms with Gasteiger partial charge in [0.1, 0.15) is 29.4 Å². The van der Waals surface area contributed by atoms with E-state index in [0.717, 1.165) is 21.5 Å². The molecule has 0 saturated heterocycles. The van der Waals surface area contributed by atoms with Crippen molar-refractivity contribution in [3.63, 3.8) is 0 Å². The molecular weight excluding hydrogens is 1060 g/mol. The van der Waals surface area contributed by atoms with Gasteiger partial charge in [-0.25, -0.2) is 19.5 Å². The lowest BCUT2D eigenvalue weighted by Crippen LogP contribution is -2.47. The zero-order valence-electron chi connectivity index (χ0n) is 39.4. The lowest BCUT2D eigenvalue weighted by molar-refractivity contribution is 0.0585. The van der Waals surface area contributed by atoms with Gasteiger partial charge in [0.05, 0.1) is 31.5 Å². The molecule has 1 aliphatic rings. The van der Waals surface area contributed by atoms with Crippen molar-refractivity contribution in [2.45, 2.75) is 45.6 Å². The van der Waals surface area contributed by atoms with Gasteiger partial charge in [-0.3, -0.25) is 24.3 Å². The van der Waals surface area contributed by atoms with Gasteiger partial charge in [0.25, 0.3) is 11.8 Å². The number of benzene rings is 4. The minimum Gasteiger partial charge on any atom is -0.444 e. The third-order valence-corrected chi connectivity index (χ3v) is 16.6. The van der Waals surface area contributed by atoms with E-state index in [0.29, 0.717) is 20.3 Å². The number of hydrogen-bond acceptors (Lipinski definition) is 9. The lowest BCUT2D eigenvalue weighted by Gasteiger charge is -2.36. The molecule has 19 heteroatoms. The molecule has 6 N–H and O–H groups in total. The molecule has 4 aromatic heterocycles. The van der Waals surface area contributed by atoms with Crippen LogP contribution in [0.4, 0.5) is 16.7 Å². The number of fused-ring (bicyclic) bond motifs is 1. The number of carbonyl (C=O) groups excluding carboxylic acids is 4. The normalized spacial score (nSPS) is 15.6. The Labute approximate surface area is 432 Å². The number of anilines is 1. The molecular formula is C53H51Br2N10O6P. The van der Waals surface area contributed by atoms with E-state index in [1.54, 1.807) is 56.1 Å². The second-order valence-electron chi connectivity index (χ2n) is 18.1. The topological polar surface area (TPSA) is 213 Å². The number of rotatable bonds is 16. The van der Waals surface area contributed by atoms with Gasteiger partial charge in [0.2, 0.25) is 11.9 Å². The summed E-state index contributed by atoms with van der Waals surface area (Å²) in [5.74, 6) is -3.52. The van der Waals surface area contributed by atoms with Crippen LogP contribution in [0.5, 0.6) is 0 Å². The van der Waals surface area contributed by atoms with Crippen LogP contribution in [0.1, 0.15) is 75.1 Å². The summed E-state index contributed by atoms with van der Waals surface area (Å²) >= 11 is 6.83. The minimum atomic E-state index is -3.02. The molecule has 0 bridgehead atoms. The number of aromatic amines is 3. The van der Waals surface area contributed by atoms with E-state index in [1.165, 1.54) is 0 Å². The summed E-state index contributed by atoms with van der Waals surface area (Å²) in [6, 6.07) is 43.2. The first-order chi connectivity index (χ1) is 34.8. The van der Waals surface area contributed by atoms with Crippen LogP contribution in [-0.4, -0.2) is 71.9 Å². The highest BCUT2D eigenvalue weighted by Gasteiger charge is 2.48. The second kappa shape index (κ2) is 21.7. The fraction of sp³-hybridized carbons (Fsp3) is 0.208. The maximum absolute atomic E-state index is 15.9. The minimum absolute atomic E-state index is 0.0629. The number of H-pyrrole nitrogens is 3. The van der Waals surface area contributed by atoms with E-state index in [1.807, 2.05) is 84.9 Å². The van der Waals surface area contributed by atoms with Gasteiger partial charge >= 0.3 is 6.09 Å². The van der Waals surface area contributed by atoms with E-state index in [4.69, 9.17) is 19.2 Å². The zero-order chi connectivity index (χ0) is 50.4. The average Bonchev–Trinajstić information content (AvgIpc) is 4.21. The van der Waals surface area contributed by atoms with Gasteiger partial charge in [0.15, 0.2) is 5.78 Å². The molecule has 3 atom stereocenters. The van der Waals surface area contributed by atoms with Crippen molar-refractivity contribution >= 4 is 90.4 Å². The molecule has 72 heavy (non-hydrogen) atoms. The Hall–Kier alpha value is -7.11. The summed E-state index contributed by atoms with van der Waals surface area (Å²) < 4.78 is 21.0. The number of carbonyl (C=O) groups is 4. The monoisotopic (exact) mass is 1110 g/mol. The molecule has 0 aliphatic heterocycles. The number of nitrogens with zero attached hydrogens (tertiary/aromatic N) is 4. The van der Waals surface area contributed by atoms with Crippen LogP contribution in [0.25, 0.3) is 0 Å². The van der Waals surface area contributed by atoms with Crippen molar-refractivity contribution in [2.24, 2.45) is 16.6 Å². The first-order valence-corrected chi connectivity index (χ1v) is 26.4. The highest BCUT2D eigenvalue weighted by atomic mass is 79.9. The molecule has 4 heterocycles. The number of ketones is 1. The Bertz CT molecular complexity index is 3160. The quantitative estimate of drug-likeness (QED) is 0.0512. The standard InChI is InChI=1S/C53H51Br2N10O6P/c1-53(2,3)71-52(69)63-50-60-30-43(61-50)44-39(28-58-48(67)41-24-34(54)26-56-41)40(29-59-49(68)42-25-35(55)27-57-42)47(66)46-45(44)62-51(65(46)32-70-31-33-16-8-4-9-17-33)64-72(36-18-10-5-11-19-36,37-20-12-6-13-21-37)38-22-14-7-15-23-38/h4-27,30,39-40,44,56-57H,28-29,31-32H2,1-3H3,(H,58,67)(H,59,68)(H2,60,61,63,69)/t39-,40+,44-/m1/s1. The van der Waals surface area contributed by atoms with Crippen LogP contribution < -0.4 is 31.9 Å². The Morgan fingerprint density at radius 1 is 0.764 bits per heavy atom. The predicted octanol–water partition coefficient (Wildman–Crippen LogP) is 9.54. The molecule has 0 saturated carbocycles. The highest BCUT2D eigenvalue weighted by Crippen LogP contribution is 2.51. The first-order valence-electron chi connectivity index (χ1n) is 23.1. The Kier molecular flexibility index (Phi) is 15.0. The maximum atomic E-state index is 15.9. The Balaban J connectivity index is 1.28. The fourth-order valence-electron chi connectivity index (χ4n) is 8.89. The largest absolute Gasteiger partial charge is 0.444 e. The summed E-state index contributed by atoms with van der Waals surface area (Å²) in [5, 5.41) is 11.6. The summed E-state index contributed by atoms with van der Waals surface area (Å²) in [6.07, 6.45) is 4.13. The number of halogens is 2. The molecule has 8 aromatic rings. The summed E-state index contributed by atoms with van der Waals surface area (Å²) in [7, 11) is -3.02. The molecule has 0 spiro atoms. The summed E-state index contributed by atoms with van der Waals surface area (Å²) in [6.45, 7) is 5.13. The first kappa shape index (κ1) is 49.9. The van der Waals surface area contributed by atoms with E-state index in [9.17, 15) is 14.4 Å². The van der Waals surface area contributed by atoms with Crippen molar-refractivity contribution in [2.75, 3.05) is 18.4 Å². The van der Waals surface area contributed by atoms with Crippen LogP contribution in [0.2, 0.25) is 0 Å². The summed E-state index contributed by atoms with van der Waals surface area (Å²) in [4.78, 5) is 75.9. The van der Waals surface area contributed by atoms with Crippen molar-refractivity contribution < 1.29 is 28.7 Å². The SMILES string of the molecule is CC(C)(C)OC(=O)Nc1ncc([C@@H]2c3nc(N=P(c4ccccc4)(c4ccccc4)c4ccccc4)n(COCc4ccccc4)c3C(=O)[C@@H](CNC(=O)c3cc(Br)c[nH]3)[C@H]2CNC(=O)c2cc(Br)c[nH]2)[nH]1.